The molecule has 0 saturated carbocycles. The zero-order valence-corrected chi connectivity index (χ0v) is 12.6. The number of nitrogens with two attached hydrogens (primary N) is 1. The van der Waals surface area contributed by atoms with E-state index in [0.717, 1.165) is 32.5 Å². The Labute approximate surface area is 126 Å². The number of ether oxygens (including phenoxy) is 2. The summed E-state index contributed by atoms with van der Waals surface area (Å²) in [6, 6.07) is 7.33. The van der Waals surface area contributed by atoms with Crippen molar-refractivity contribution in [3.63, 3.8) is 0 Å². The third-order valence-electron chi connectivity index (χ3n) is 3.77. The van der Waals surface area contributed by atoms with E-state index in [-0.39, 0.29) is 5.91 Å². The minimum Gasteiger partial charge on any atom is -0.491 e. The molecule has 2 N–H and O–H groups in total. The topological polar surface area (TPSA) is 64.8 Å². The molecular formula is C16H24N2O3. The van der Waals surface area contributed by atoms with Crippen LogP contribution in [0.2, 0.25) is 0 Å². The lowest BCUT2D eigenvalue weighted by Crippen LogP contribution is -2.41. The molecule has 0 aliphatic carbocycles. The average molecular weight is 292 g/mol. The first-order chi connectivity index (χ1) is 10.2. The van der Waals surface area contributed by atoms with Crippen LogP contribution in [0.3, 0.4) is 0 Å². The molecule has 116 valence electrons. The van der Waals surface area contributed by atoms with Gasteiger partial charge in [-0.05, 0) is 30.9 Å². The first-order valence-electron chi connectivity index (χ1n) is 7.44. The number of piperidine rings is 1. The number of anilines is 1. The molecule has 1 aromatic rings. The summed E-state index contributed by atoms with van der Waals surface area (Å²) in [7, 11) is 1.71. The summed E-state index contributed by atoms with van der Waals surface area (Å²) < 4.78 is 10.8. The van der Waals surface area contributed by atoms with Gasteiger partial charge in [-0.1, -0.05) is 12.1 Å². The number of likely N-dealkylation sites (tertiary alicyclic amines) is 1. The standard InChI is InChI=1S/C16H24N2O3/c1-20-12-13-5-4-9-18(11-13)16(19)8-10-21-15-7-3-2-6-14(15)17/h2-3,6-7,13H,4-5,8-12,17H2,1H3. The number of carbonyl (C=O) groups excluding carboxylic acids is 1. The van der Waals surface area contributed by atoms with E-state index in [9.17, 15) is 4.79 Å². The molecule has 1 aromatic carbocycles. The highest BCUT2D eigenvalue weighted by Gasteiger charge is 2.23. The molecule has 21 heavy (non-hydrogen) atoms. The van der Waals surface area contributed by atoms with E-state index in [4.69, 9.17) is 15.2 Å². The zero-order valence-electron chi connectivity index (χ0n) is 12.6. The van der Waals surface area contributed by atoms with Crippen LogP contribution in [0.4, 0.5) is 5.69 Å². The Morgan fingerprint density at radius 1 is 1.43 bits per heavy atom. The van der Waals surface area contributed by atoms with E-state index in [0.29, 0.717) is 30.4 Å². The third-order valence-corrected chi connectivity index (χ3v) is 3.77. The summed E-state index contributed by atoms with van der Waals surface area (Å²) in [5, 5.41) is 0. The molecule has 5 nitrogen and oxygen atoms in total. The van der Waals surface area contributed by atoms with E-state index in [2.05, 4.69) is 0 Å². The molecule has 1 aliphatic rings. The average Bonchev–Trinajstić information content (AvgIpc) is 2.50. The summed E-state index contributed by atoms with van der Waals surface area (Å²) in [4.78, 5) is 14.1. The summed E-state index contributed by atoms with van der Waals surface area (Å²) in [5.74, 6) is 1.24. The molecule has 0 aromatic heterocycles. The number of methoxy groups -OCH3 is 1. The minimum atomic E-state index is 0.144. The predicted molar refractivity (Wildman–Crippen MR) is 82.1 cm³/mol. The van der Waals surface area contributed by atoms with Crippen LogP contribution in [0.25, 0.3) is 0 Å². The van der Waals surface area contributed by atoms with Gasteiger partial charge in [-0.15, -0.1) is 0 Å². The van der Waals surface area contributed by atoms with E-state index in [1.807, 2.05) is 23.1 Å². The molecule has 5 heteroatoms. The quantitative estimate of drug-likeness (QED) is 0.814. The van der Waals surface area contributed by atoms with E-state index in [1.165, 1.54) is 0 Å². The second-order valence-corrected chi connectivity index (χ2v) is 5.44. The van der Waals surface area contributed by atoms with Crippen LogP contribution in [0.5, 0.6) is 5.75 Å². The Hall–Kier alpha value is -1.75. The van der Waals surface area contributed by atoms with Crippen molar-refractivity contribution in [2.75, 3.05) is 39.1 Å². The highest BCUT2D eigenvalue weighted by Crippen LogP contribution is 2.20. The second kappa shape index (κ2) is 7.88. The molecule has 1 heterocycles. The predicted octanol–water partition coefficient (Wildman–Crippen LogP) is 1.92. The monoisotopic (exact) mass is 292 g/mol. The Morgan fingerprint density at radius 3 is 3.00 bits per heavy atom. The van der Waals surface area contributed by atoms with Gasteiger partial charge in [-0.25, -0.2) is 0 Å². The van der Waals surface area contributed by atoms with Gasteiger partial charge in [0.1, 0.15) is 5.75 Å². The van der Waals surface area contributed by atoms with Gasteiger partial charge in [-0.3, -0.25) is 4.79 Å². The fourth-order valence-corrected chi connectivity index (χ4v) is 2.68. The number of hydrogen-bond acceptors (Lipinski definition) is 4. The molecule has 1 aliphatic heterocycles. The summed E-state index contributed by atoms with van der Waals surface area (Å²) >= 11 is 0. The number of amides is 1. The highest BCUT2D eigenvalue weighted by atomic mass is 16.5. The van der Waals surface area contributed by atoms with Gasteiger partial charge >= 0.3 is 0 Å². The number of rotatable bonds is 6. The van der Waals surface area contributed by atoms with Crippen molar-refractivity contribution in [1.29, 1.82) is 0 Å². The molecule has 0 radical (unpaired) electrons. The maximum Gasteiger partial charge on any atom is 0.226 e. The van der Waals surface area contributed by atoms with Gasteiger partial charge in [0, 0.05) is 20.2 Å². The SMILES string of the molecule is COCC1CCCN(C(=O)CCOc2ccccc2N)C1. The van der Waals surface area contributed by atoms with Crippen molar-refractivity contribution >= 4 is 11.6 Å². The lowest BCUT2D eigenvalue weighted by atomic mass is 9.99. The lowest BCUT2D eigenvalue weighted by Gasteiger charge is -2.32. The van der Waals surface area contributed by atoms with Gasteiger partial charge in [-0.2, -0.15) is 0 Å². The van der Waals surface area contributed by atoms with E-state index < -0.39 is 0 Å². The summed E-state index contributed by atoms with van der Waals surface area (Å²) in [6.45, 7) is 2.71. The summed E-state index contributed by atoms with van der Waals surface area (Å²) in [6.07, 6.45) is 2.56. The van der Waals surface area contributed by atoms with Crippen LogP contribution >= 0.6 is 0 Å². The van der Waals surface area contributed by atoms with Crippen LogP contribution < -0.4 is 10.5 Å². The number of nitrogen functional groups attached to an aromatic ring is 1. The Balaban J connectivity index is 1.75. The van der Waals surface area contributed by atoms with E-state index in [1.54, 1.807) is 13.2 Å². The number of para-hydroxylation sites is 2. The zero-order chi connectivity index (χ0) is 15.1. The number of benzene rings is 1. The molecule has 2 rings (SSSR count). The van der Waals surface area contributed by atoms with Gasteiger partial charge in [0.15, 0.2) is 0 Å². The number of nitrogens with zero attached hydrogens (tertiary/aromatic N) is 1. The maximum atomic E-state index is 12.2. The van der Waals surface area contributed by atoms with Gasteiger partial charge in [0.05, 0.1) is 25.3 Å². The van der Waals surface area contributed by atoms with Gasteiger partial charge < -0.3 is 20.1 Å². The maximum absolute atomic E-state index is 12.2. The normalized spacial score (nSPS) is 18.5. The van der Waals surface area contributed by atoms with Crippen LogP contribution in [-0.4, -0.2) is 44.2 Å². The lowest BCUT2D eigenvalue weighted by molar-refractivity contribution is -0.133. The smallest absolute Gasteiger partial charge is 0.226 e. The molecule has 0 spiro atoms. The van der Waals surface area contributed by atoms with Gasteiger partial charge in [0.2, 0.25) is 5.91 Å². The molecule has 1 saturated heterocycles. The summed E-state index contributed by atoms with van der Waals surface area (Å²) in [5.41, 5.74) is 6.40. The van der Waals surface area contributed by atoms with Crippen molar-refractivity contribution in [2.45, 2.75) is 19.3 Å². The molecular weight excluding hydrogens is 268 g/mol. The number of carbonyl (C=O) groups is 1. The first kappa shape index (κ1) is 15.6. The first-order valence-corrected chi connectivity index (χ1v) is 7.44. The van der Waals surface area contributed by atoms with Crippen molar-refractivity contribution < 1.29 is 14.3 Å². The fraction of sp³-hybridized carbons (Fsp3) is 0.562. The Morgan fingerprint density at radius 2 is 2.24 bits per heavy atom. The van der Waals surface area contributed by atoms with Gasteiger partial charge in [0.25, 0.3) is 0 Å². The largest absolute Gasteiger partial charge is 0.491 e. The molecule has 1 amide bonds. The Kier molecular flexibility index (Phi) is 5.87. The van der Waals surface area contributed by atoms with Crippen molar-refractivity contribution in [3.8, 4) is 5.75 Å². The molecule has 1 atom stereocenters. The minimum absolute atomic E-state index is 0.144. The van der Waals surface area contributed by atoms with Crippen molar-refractivity contribution in [2.24, 2.45) is 5.92 Å². The van der Waals surface area contributed by atoms with Crippen molar-refractivity contribution in [3.05, 3.63) is 24.3 Å². The molecule has 0 bridgehead atoms. The molecule has 1 fully saturated rings. The van der Waals surface area contributed by atoms with Crippen LogP contribution in [0, 0.1) is 5.92 Å². The third kappa shape index (κ3) is 4.63. The highest BCUT2D eigenvalue weighted by molar-refractivity contribution is 5.76. The van der Waals surface area contributed by atoms with Crippen LogP contribution in [-0.2, 0) is 9.53 Å². The van der Waals surface area contributed by atoms with Crippen LogP contribution in [0.1, 0.15) is 19.3 Å². The van der Waals surface area contributed by atoms with Crippen LogP contribution in [0.15, 0.2) is 24.3 Å². The van der Waals surface area contributed by atoms with E-state index >= 15 is 0 Å². The Bertz CT molecular complexity index is 463. The van der Waals surface area contributed by atoms with Crippen molar-refractivity contribution in [1.82, 2.24) is 4.90 Å². The second-order valence-electron chi connectivity index (χ2n) is 5.44. The number of hydrogen-bond donors (Lipinski definition) is 1. The fourth-order valence-electron chi connectivity index (χ4n) is 2.68. The molecule has 1 unspecified atom stereocenters.